The standard InChI is InChI=1S/C9H14N2O/c1-6-3-4-11-8(5-6)9(12)7(2)10/h3-5,7,9,12H,10H2,1-2H3/t7-,9-/m0/s1. The zero-order chi connectivity index (χ0) is 9.14. The lowest BCUT2D eigenvalue weighted by atomic mass is 10.1. The van der Waals surface area contributed by atoms with Crippen LogP contribution in [0.4, 0.5) is 0 Å². The van der Waals surface area contributed by atoms with Gasteiger partial charge in [0.15, 0.2) is 0 Å². The van der Waals surface area contributed by atoms with Crippen LogP contribution in [0, 0.1) is 6.92 Å². The van der Waals surface area contributed by atoms with Crippen molar-refractivity contribution in [1.29, 1.82) is 0 Å². The molecule has 1 rings (SSSR count). The van der Waals surface area contributed by atoms with Gasteiger partial charge in [0.1, 0.15) is 6.10 Å². The number of aliphatic hydroxyl groups excluding tert-OH is 1. The molecule has 0 aromatic carbocycles. The van der Waals surface area contributed by atoms with E-state index in [1.54, 1.807) is 13.1 Å². The Labute approximate surface area is 72.2 Å². The monoisotopic (exact) mass is 166 g/mol. The summed E-state index contributed by atoms with van der Waals surface area (Å²) in [6.07, 6.45) is 1.01. The van der Waals surface area contributed by atoms with Gasteiger partial charge in [-0.2, -0.15) is 0 Å². The van der Waals surface area contributed by atoms with E-state index in [-0.39, 0.29) is 6.04 Å². The normalized spacial score (nSPS) is 15.7. The SMILES string of the molecule is Cc1ccnc([C@@H](O)[C@H](C)N)c1. The first-order valence-electron chi connectivity index (χ1n) is 3.97. The maximum Gasteiger partial charge on any atom is 0.111 e. The van der Waals surface area contributed by atoms with Crippen molar-refractivity contribution in [2.75, 3.05) is 0 Å². The summed E-state index contributed by atoms with van der Waals surface area (Å²) >= 11 is 0. The Morgan fingerprint density at radius 3 is 2.75 bits per heavy atom. The van der Waals surface area contributed by atoms with Crippen LogP contribution in [0.1, 0.15) is 24.3 Å². The number of pyridine rings is 1. The van der Waals surface area contributed by atoms with E-state index < -0.39 is 6.10 Å². The fourth-order valence-electron chi connectivity index (χ4n) is 0.991. The fourth-order valence-corrected chi connectivity index (χ4v) is 0.991. The Hall–Kier alpha value is -0.930. The number of hydrogen-bond acceptors (Lipinski definition) is 3. The molecule has 66 valence electrons. The molecule has 0 radical (unpaired) electrons. The van der Waals surface area contributed by atoms with Crippen molar-refractivity contribution in [3.63, 3.8) is 0 Å². The highest BCUT2D eigenvalue weighted by Crippen LogP contribution is 2.13. The molecule has 1 heterocycles. The second-order valence-corrected chi connectivity index (χ2v) is 3.06. The van der Waals surface area contributed by atoms with Crippen molar-refractivity contribution in [3.8, 4) is 0 Å². The molecule has 3 heteroatoms. The van der Waals surface area contributed by atoms with Crippen molar-refractivity contribution in [2.24, 2.45) is 5.73 Å². The van der Waals surface area contributed by atoms with Crippen LogP contribution in [0.25, 0.3) is 0 Å². The van der Waals surface area contributed by atoms with Gasteiger partial charge in [-0.3, -0.25) is 4.98 Å². The van der Waals surface area contributed by atoms with E-state index in [9.17, 15) is 5.11 Å². The smallest absolute Gasteiger partial charge is 0.111 e. The highest BCUT2D eigenvalue weighted by molar-refractivity contribution is 5.16. The molecule has 12 heavy (non-hydrogen) atoms. The molecule has 0 aliphatic rings. The van der Waals surface area contributed by atoms with E-state index in [0.29, 0.717) is 5.69 Å². The number of nitrogens with zero attached hydrogens (tertiary/aromatic N) is 1. The summed E-state index contributed by atoms with van der Waals surface area (Å²) in [5.41, 5.74) is 7.25. The Balaban J connectivity index is 2.88. The van der Waals surface area contributed by atoms with E-state index >= 15 is 0 Å². The summed E-state index contributed by atoms with van der Waals surface area (Å²) in [6, 6.07) is 3.45. The largest absolute Gasteiger partial charge is 0.385 e. The fraction of sp³-hybridized carbons (Fsp3) is 0.444. The number of aliphatic hydroxyl groups is 1. The number of rotatable bonds is 2. The van der Waals surface area contributed by atoms with Crippen molar-refractivity contribution >= 4 is 0 Å². The van der Waals surface area contributed by atoms with E-state index in [2.05, 4.69) is 4.98 Å². The summed E-state index contributed by atoms with van der Waals surface area (Å²) in [5.74, 6) is 0. The summed E-state index contributed by atoms with van der Waals surface area (Å²) in [4.78, 5) is 4.03. The van der Waals surface area contributed by atoms with E-state index in [4.69, 9.17) is 5.73 Å². The van der Waals surface area contributed by atoms with E-state index in [0.717, 1.165) is 5.56 Å². The van der Waals surface area contributed by atoms with Crippen LogP contribution in [-0.4, -0.2) is 16.1 Å². The Bertz CT molecular complexity index is 260. The van der Waals surface area contributed by atoms with Crippen LogP contribution in [0.3, 0.4) is 0 Å². The minimum absolute atomic E-state index is 0.278. The molecular weight excluding hydrogens is 152 g/mol. The molecular formula is C9H14N2O. The van der Waals surface area contributed by atoms with E-state index in [1.807, 2.05) is 19.1 Å². The van der Waals surface area contributed by atoms with Crippen LogP contribution in [-0.2, 0) is 0 Å². The molecule has 1 aromatic rings. The Kier molecular flexibility index (Phi) is 2.78. The summed E-state index contributed by atoms with van der Waals surface area (Å²) in [6.45, 7) is 3.72. The third-order valence-electron chi connectivity index (χ3n) is 1.74. The van der Waals surface area contributed by atoms with Crippen LogP contribution < -0.4 is 5.73 Å². The first kappa shape index (κ1) is 9.16. The zero-order valence-electron chi connectivity index (χ0n) is 7.36. The van der Waals surface area contributed by atoms with Gasteiger partial charge in [0, 0.05) is 12.2 Å². The lowest BCUT2D eigenvalue weighted by Gasteiger charge is -2.13. The molecule has 3 nitrogen and oxygen atoms in total. The van der Waals surface area contributed by atoms with Gasteiger partial charge in [0.2, 0.25) is 0 Å². The molecule has 0 fully saturated rings. The lowest BCUT2D eigenvalue weighted by molar-refractivity contribution is 0.148. The molecule has 0 saturated heterocycles. The predicted molar refractivity (Wildman–Crippen MR) is 47.6 cm³/mol. The predicted octanol–water partition coefficient (Wildman–Crippen LogP) is 0.771. The molecule has 0 bridgehead atoms. The van der Waals surface area contributed by atoms with Crippen molar-refractivity contribution in [2.45, 2.75) is 26.0 Å². The molecule has 0 spiro atoms. The molecule has 0 aliphatic carbocycles. The van der Waals surface area contributed by atoms with Gasteiger partial charge >= 0.3 is 0 Å². The minimum atomic E-state index is -0.662. The molecule has 3 N–H and O–H groups in total. The van der Waals surface area contributed by atoms with Crippen LogP contribution in [0.2, 0.25) is 0 Å². The van der Waals surface area contributed by atoms with Gasteiger partial charge in [-0.25, -0.2) is 0 Å². The average molecular weight is 166 g/mol. The molecule has 2 atom stereocenters. The topological polar surface area (TPSA) is 59.1 Å². The molecule has 0 amide bonds. The highest BCUT2D eigenvalue weighted by Gasteiger charge is 2.12. The van der Waals surface area contributed by atoms with Gasteiger partial charge < -0.3 is 10.8 Å². The van der Waals surface area contributed by atoms with Gasteiger partial charge in [0.05, 0.1) is 5.69 Å². The van der Waals surface area contributed by atoms with Gasteiger partial charge in [-0.15, -0.1) is 0 Å². The zero-order valence-corrected chi connectivity index (χ0v) is 7.36. The second-order valence-electron chi connectivity index (χ2n) is 3.06. The summed E-state index contributed by atoms with van der Waals surface area (Å²) in [5, 5.41) is 9.53. The van der Waals surface area contributed by atoms with Crippen LogP contribution in [0.15, 0.2) is 18.3 Å². The number of aryl methyl sites for hydroxylation is 1. The number of hydrogen-bond donors (Lipinski definition) is 2. The highest BCUT2D eigenvalue weighted by atomic mass is 16.3. The summed E-state index contributed by atoms with van der Waals surface area (Å²) < 4.78 is 0. The maximum atomic E-state index is 9.53. The van der Waals surface area contributed by atoms with Gasteiger partial charge in [0.25, 0.3) is 0 Å². The third-order valence-corrected chi connectivity index (χ3v) is 1.74. The molecule has 0 aliphatic heterocycles. The Morgan fingerprint density at radius 1 is 1.58 bits per heavy atom. The van der Waals surface area contributed by atoms with E-state index in [1.165, 1.54) is 0 Å². The van der Waals surface area contributed by atoms with Gasteiger partial charge in [-0.05, 0) is 31.5 Å². The number of nitrogens with two attached hydrogens (primary N) is 1. The molecule has 0 saturated carbocycles. The lowest BCUT2D eigenvalue weighted by Crippen LogP contribution is -2.25. The second kappa shape index (κ2) is 3.65. The van der Waals surface area contributed by atoms with Crippen molar-refractivity contribution < 1.29 is 5.11 Å². The molecule has 1 aromatic heterocycles. The average Bonchev–Trinajstić information content (AvgIpc) is 2.03. The van der Waals surface area contributed by atoms with Crippen molar-refractivity contribution in [3.05, 3.63) is 29.6 Å². The van der Waals surface area contributed by atoms with Crippen LogP contribution >= 0.6 is 0 Å². The third kappa shape index (κ3) is 2.03. The first-order valence-corrected chi connectivity index (χ1v) is 3.97. The van der Waals surface area contributed by atoms with Crippen molar-refractivity contribution in [1.82, 2.24) is 4.98 Å². The summed E-state index contributed by atoms with van der Waals surface area (Å²) in [7, 11) is 0. The minimum Gasteiger partial charge on any atom is -0.385 e. The quantitative estimate of drug-likeness (QED) is 0.682. The maximum absolute atomic E-state index is 9.53. The Morgan fingerprint density at radius 2 is 2.25 bits per heavy atom. The van der Waals surface area contributed by atoms with Crippen LogP contribution in [0.5, 0.6) is 0 Å². The molecule has 0 unspecified atom stereocenters. The first-order chi connectivity index (χ1) is 5.61. The number of aromatic nitrogens is 1. The van der Waals surface area contributed by atoms with Gasteiger partial charge in [-0.1, -0.05) is 0 Å².